The van der Waals surface area contributed by atoms with Crippen LogP contribution in [0.25, 0.3) is 11.1 Å². The summed E-state index contributed by atoms with van der Waals surface area (Å²) in [4.78, 5) is 35.8. The van der Waals surface area contributed by atoms with Crippen LogP contribution in [0, 0.1) is 29.1 Å². The van der Waals surface area contributed by atoms with Crippen molar-refractivity contribution in [2.24, 2.45) is 29.1 Å². The third kappa shape index (κ3) is 6.99. The van der Waals surface area contributed by atoms with Gasteiger partial charge in [-0.25, -0.2) is 0 Å². The molecule has 2 aromatic rings. The largest absolute Gasteiger partial charge is 0.496 e. The van der Waals surface area contributed by atoms with Crippen molar-refractivity contribution >= 4 is 17.5 Å². The van der Waals surface area contributed by atoms with Crippen LogP contribution in [-0.4, -0.2) is 98.4 Å². The quantitative estimate of drug-likeness (QED) is 0.261. The van der Waals surface area contributed by atoms with E-state index in [1.54, 1.807) is 19.1 Å². The van der Waals surface area contributed by atoms with E-state index in [-0.39, 0.29) is 42.5 Å². The number of fused-ring (bicyclic) bond motifs is 2. The normalized spacial score (nSPS) is 30.7. The van der Waals surface area contributed by atoms with Crippen molar-refractivity contribution < 1.29 is 34.1 Å². The van der Waals surface area contributed by atoms with Crippen LogP contribution < -0.4 is 20.3 Å². The summed E-state index contributed by atoms with van der Waals surface area (Å²) in [6.45, 7) is 9.59. The molecule has 0 spiro atoms. The molecule has 274 valence electrons. The van der Waals surface area contributed by atoms with Crippen molar-refractivity contribution in [1.29, 1.82) is 0 Å². The van der Waals surface area contributed by atoms with E-state index in [1.165, 1.54) is 6.42 Å². The molecular weight excluding hydrogens is 636 g/mol. The third-order valence-electron chi connectivity index (χ3n) is 12.2. The number of hydrogen-bond acceptors (Lipinski definition) is 9. The number of nitrogens with zero attached hydrogens (tertiary/aromatic N) is 2. The molecule has 5 aliphatic rings. The highest BCUT2D eigenvalue weighted by Gasteiger charge is 2.57. The molecule has 2 saturated heterocycles. The first kappa shape index (κ1) is 36.6. The molecule has 2 amide bonds. The standard InChI is InChI=1S/C39H56N4O7/c1-22-31-17-27(39(31,3)4)18-32(22)41-38(47)35-34(23(2)45)33(21-44)50-43(35)20-24-10-8-12-30(36(24)48-7)25-14-26(16-28(15-25)42(5)6)37(46)40-19-29-11-9-13-49-29/h8,10,12,14-16,22-23,27,29,31-35,44-45H,9,11,13,17-21H2,1-7H3,(H,40,46)(H,41,47)/t22-,23-,27+,29?,31-,32-,33-,34-,35-/m0/s1. The number of methoxy groups -OCH3 is 1. The number of anilines is 1. The van der Waals surface area contributed by atoms with Gasteiger partial charge in [-0.3, -0.25) is 14.4 Å². The fourth-order valence-corrected chi connectivity index (χ4v) is 9.10. The van der Waals surface area contributed by atoms with E-state index in [0.717, 1.165) is 48.2 Å². The molecule has 9 atom stereocenters. The Morgan fingerprint density at radius 2 is 1.96 bits per heavy atom. The Bertz CT molecular complexity index is 1540. The Balaban J connectivity index is 1.27. The number of ether oxygens (including phenoxy) is 2. The molecule has 50 heavy (non-hydrogen) atoms. The van der Waals surface area contributed by atoms with Gasteiger partial charge in [0, 0.05) is 61.6 Å². The fourth-order valence-electron chi connectivity index (χ4n) is 9.10. The van der Waals surface area contributed by atoms with Crippen molar-refractivity contribution in [3.05, 3.63) is 47.5 Å². The van der Waals surface area contributed by atoms with E-state index in [2.05, 4.69) is 31.4 Å². The summed E-state index contributed by atoms with van der Waals surface area (Å²) in [6.07, 6.45) is 2.48. The van der Waals surface area contributed by atoms with Crippen molar-refractivity contribution in [1.82, 2.24) is 15.7 Å². The van der Waals surface area contributed by atoms with Gasteiger partial charge in [0.25, 0.3) is 5.91 Å². The van der Waals surface area contributed by atoms with Crippen LogP contribution in [0.2, 0.25) is 0 Å². The molecule has 1 unspecified atom stereocenters. The predicted octanol–water partition coefficient (Wildman–Crippen LogP) is 4.00. The average molecular weight is 693 g/mol. The topological polar surface area (TPSA) is 133 Å². The third-order valence-corrected chi connectivity index (χ3v) is 12.2. The molecule has 11 heteroatoms. The zero-order chi connectivity index (χ0) is 35.9. The molecule has 7 rings (SSSR count). The number of aliphatic hydroxyl groups is 2. The van der Waals surface area contributed by atoms with Crippen LogP contribution in [0.3, 0.4) is 0 Å². The number of para-hydroxylation sites is 1. The molecule has 2 heterocycles. The predicted molar refractivity (Wildman–Crippen MR) is 192 cm³/mol. The van der Waals surface area contributed by atoms with E-state index < -0.39 is 24.2 Å². The Labute approximate surface area is 296 Å². The number of rotatable bonds is 12. The lowest BCUT2D eigenvalue weighted by Gasteiger charge is -2.62. The number of carbonyl (C=O) groups is 2. The second-order valence-electron chi connectivity index (χ2n) is 15.7. The highest BCUT2D eigenvalue weighted by Crippen LogP contribution is 2.61. The van der Waals surface area contributed by atoms with Gasteiger partial charge in [-0.05, 0) is 79.5 Å². The van der Waals surface area contributed by atoms with E-state index >= 15 is 0 Å². The summed E-state index contributed by atoms with van der Waals surface area (Å²) in [5.41, 5.74) is 4.03. The monoisotopic (exact) mass is 692 g/mol. The second kappa shape index (κ2) is 14.8. The molecule has 2 aliphatic heterocycles. The maximum absolute atomic E-state index is 14.2. The number of aliphatic hydroxyl groups excluding tert-OH is 2. The van der Waals surface area contributed by atoms with Gasteiger partial charge in [0.15, 0.2) is 0 Å². The highest BCUT2D eigenvalue weighted by molar-refractivity contribution is 5.97. The molecule has 2 bridgehead atoms. The molecule has 3 saturated carbocycles. The molecule has 0 aromatic heterocycles. The summed E-state index contributed by atoms with van der Waals surface area (Å²) >= 11 is 0. The van der Waals surface area contributed by atoms with Crippen molar-refractivity contribution in [2.45, 2.75) is 90.3 Å². The van der Waals surface area contributed by atoms with Gasteiger partial charge in [0.2, 0.25) is 5.91 Å². The zero-order valence-corrected chi connectivity index (χ0v) is 30.6. The summed E-state index contributed by atoms with van der Waals surface area (Å²) in [5.74, 6) is 1.06. The Morgan fingerprint density at radius 3 is 2.58 bits per heavy atom. The van der Waals surface area contributed by atoms with Crippen LogP contribution in [0.5, 0.6) is 5.75 Å². The minimum absolute atomic E-state index is 0.0358. The molecule has 5 fully saturated rings. The molecular formula is C39H56N4O7. The van der Waals surface area contributed by atoms with E-state index in [1.807, 2.05) is 55.4 Å². The van der Waals surface area contributed by atoms with Gasteiger partial charge in [0.1, 0.15) is 17.9 Å². The van der Waals surface area contributed by atoms with Crippen molar-refractivity contribution in [3.8, 4) is 16.9 Å². The lowest BCUT2D eigenvalue weighted by atomic mass is 9.45. The second-order valence-corrected chi connectivity index (χ2v) is 15.7. The summed E-state index contributed by atoms with van der Waals surface area (Å²) in [5, 5.41) is 29.2. The van der Waals surface area contributed by atoms with E-state index in [4.69, 9.17) is 14.3 Å². The van der Waals surface area contributed by atoms with Crippen molar-refractivity contribution in [3.63, 3.8) is 0 Å². The van der Waals surface area contributed by atoms with Crippen LogP contribution in [0.1, 0.15) is 69.3 Å². The summed E-state index contributed by atoms with van der Waals surface area (Å²) in [6, 6.07) is 10.8. The SMILES string of the molecule is COc1c(CN2O[C@@H](CO)[C@H]([C@H](C)O)[C@H]2C(=O)N[C@H]2C[C@H]3C[C@@H]([C@@H]2C)C3(C)C)cccc1-c1cc(C(=O)NCC2CCCO2)cc(N(C)C)c1. The highest BCUT2D eigenvalue weighted by atomic mass is 16.7. The fraction of sp³-hybridized carbons (Fsp3) is 0.641. The van der Waals surface area contributed by atoms with Crippen LogP contribution in [0.4, 0.5) is 5.69 Å². The Hall–Kier alpha value is -3.22. The number of hydrogen-bond donors (Lipinski definition) is 4. The maximum Gasteiger partial charge on any atom is 0.251 e. The Kier molecular flexibility index (Phi) is 10.8. The number of hydroxylamine groups is 2. The smallest absolute Gasteiger partial charge is 0.251 e. The summed E-state index contributed by atoms with van der Waals surface area (Å²) in [7, 11) is 5.48. The first-order valence-corrected chi connectivity index (χ1v) is 18.2. The summed E-state index contributed by atoms with van der Waals surface area (Å²) < 4.78 is 11.7. The molecule has 2 aromatic carbocycles. The van der Waals surface area contributed by atoms with Gasteiger partial charge in [0.05, 0.1) is 32.5 Å². The number of amides is 2. The first-order chi connectivity index (χ1) is 23.8. The number of benzene rings is 2. The van der Waals surface area contributed by atoms with Crippen LogP contribution in [-0.2, 0) is 20.9 Å². The van der Waals surface area contributed by atoms with Gasteiger partial charge in [-0.15, -0.1) is 0 Å². The van der Waals surface area contributed by atoms with Gasteiger partial charge < -0.3 is 35.2 Å². The molecule has 11 nitrogen and oxygen atoms in total. The maximum atomic E-state index is 14.2. The Morgan fingerprint density at radius 1 is 1.18 bits per heavy atom. The molecule has 0 radical (unpaired) electrons. The minimum Gasteiger partial charge on any atom is -0.496 e. The average Bonchev–Trinajstić information content (AvgIpc) is 3.75. The molecule has 3 aliphatic carbocycles. The lowest BCUT2D eigenvalue weighted by molar-refractivity contribution is -0.183. The van der Waals surface area contributed by atoms with E-state index in [0.29, 0.717) is 35.6 Å². The van der Waals surface area contributed by atoms with Gasteiger partial charge >= 0.3 is 0 Å². The minimum atomic E-state index is -0.893. The van der Waals surface area contributed by atoms with Gasteiger partial charge in [-0.1, -0.05) is 39.0 Å². The zero-order valence-electron chi connectivity index (χ0n) is 30.6. The number of nitrogens with one attached hydrogen (secondary N) is 2. The van der Waals surface area contributed by atoms with E-state index in [9.17, 15) is 19.8 Å². The van der Waals surface area contributed by atoms with Crippen LogP contribution >= 0.6 is 0 Å². The number of carbonyl (C=O) groups excluding carboxylic acids is 2. The molecule has 4 N–H and O–H groups in total. The van der Waals surface area contributed by atoms with Gasteiger partial charge in [-0.2, -0.15) is 5.06 Å². The first-order valence-electron chi connectivity index (χ1n) is 18.2. The van der Waals surface area contributed by atoms with Crippen LogP contribution in [0.15, 0.2) is 36.4 Å². The van der Waals surface area contributed by atoms with Crippen molar-refractivity contribution in [2.75, 3.05) is 45.9 Å². The lowest BCUT2D eigenvalue weighted by Crippen LogP contribution is -2.62.